The fourth-order valence-electron chi connectivity index (χ4n) is 2.99. The smallest absolute Gasteiger partial charge is 0.129 e. The lowest BCUT2D eigenvalue weighted by Gasteiger charge is -2.25. The van der Waals surface area contributed by atoms with Gasteiger partial charge in [0.05, 0.1) is 10.6 Å². The Morgan fingerprint density at radius 3 is 2.91 bits per heavy atom. The topological polar surface area (TPSA) is 24.8 Å². The van der Waals surface area contributed by atoms with Gasteiger partial charge in [0.15, 0.2) is 0 Å². The maximum Gasteiger partial charge on any atom is 0.129 e. The molecule has 0 spiro atoms. The van der Waals surface area contributed by atoms with E-state index in [-0.39, 0.29) is 5.41 Å². The predicted molar refractivity (Wildman–Crippen MR) is 97.9 cm³/mol. The summed E-state index contributed by atoms with van der Waals surface area (Å²) >= 11 is 7.93. The van der Waals surface area contributed by atoms with Crippen LogP contribution < -0.4 is 0 Å². The van der Waals surface area contributed by atoms with Gasteiger partial charge in [-0.05, 0) is 48.8 Å². The SMILES string of the molecule is CN(C)CCON=C1CC(C)(c2cccc(Cl)c2)c2ccsc21. The summed E-state index contributed by atoms with van der Waals surface area (Å²) in [5, 5.41) is 7.32. The first-order valence-corrected chi connectivity index (χ1v) is 8.94. The fraction of sp³-hybridized carbons (Fsp3) is 0.389. The van der Waals surface area contributed by atoms with Crippen LogP contribution in [0.2, 0.25) is 5.02 Å². The highest BCUT2D eigenvalue weighted by atomic mass is 35.5. The summed E-state index contributed by atoms with van der Waals surface area (Å²) in [6.45, 7) is 3.72. The molecule has 3 nitrogen and oxygen atoms in total. The van der Waals surface area contributed by atoms with Crippen LogP contribution in [0.25, 0.3) is 0 Å². The van der Waals surface area contributed by atoms with Gasteiger partial charge in [0.2, 0.25) is 0 Å². The van der Waals surface area contributed by atoms with Crippen molar-refractivity contribution in [2.45, 2.75) is 18.8 Å². The molecule has 122 valence electrons. The first-order chi connectivity index (χ1) is 11.0. The van der Waals surface area contributed by atoms with Crippen molar-refractivity contribution in [3.63, 3.8) is 0 Å². The molecule has 2 aromatic rings. The Labute approximate surface area is 146 Å². The van der Waals surface area contributed by atoms with Gasteiger partial charge in [-0.3, -0.25) is 0 Å². The summed E-state index contributed by atoms with van der Waals surface area (Å²) in [7, 11) is 4.05. The average Bonchev–Trinajstić information content (AvgIpc) is 3.08. The number of oxime groups is 1. The van der Waals surface area contributed by atoms with Crippen molar-refractivity contribution in [1.29, 1.82) is 0 Å². The molecule has 23 heavy (non-hydrogen) atoms. The van der Waals surface area contributed by atoms with Gasteiger partial charge in [0.25, 0.3) is 0 Å². The summed E-state index contributed by atoms with van der Waals surface area (Å²) in [5.74, 6) is 0. The zero-order valence-corrected chi connectivity index (χ0v) is 15.2. The van der Waals surface area contributed by atoms with E-state index >= 15 is 0 Å². The second-order valence-corrected chi connectivity index (χ2v) is 7.71. The largest absolute Gasteiger partial charge is 0.394 e. The standard InChI is InChI=1S/C18H21ClN2OS/c1-18(13-5-4-6-14(19)11-13)12-16(17-15(18)7-10-23-17)20-22-9-8-21(2)3/h4-7,10-11H,8-9,12H2,1-3H3. The van der Waals surface area contributed by atoms with Gasteiger partial charge < -0.3 is 9.74 Å². The Morgan fingerprint density at radius 2 is 2.17 bits per heavy atom. The molecule has 1 unspecified atom stereocenters. The van der Waals surface area contributed by atoms with Crippen LogP contribution in [0, 0.1) is 0 Å². The molecule has 1 aromatic heterocycles. The summed E-state index contributed by atoms with van der Waals surface area (Å²) in [5.41, 5.74) is 3.49. The molecule has 1 aliphatic carbocycles. The molecule has 3 rings (SSSR count). The zero-order valence-electron chi connectivity index (χ0n) is 13.7. The van der Waals surface area contributed by atoms with E-state index in [9.17, 15) is 0 Å². The minimum atomic E-state index is -0.0933. The van der Waals surface area contributed by atoms with E-state index in [1.807, 2.05) is 26.2 Å². The van der Waals surface area contributed by atoms with E-state index in [1.54, 1.807) is 11.3 Å². The molecule has 0 saturated heterocycles. The Hall–Kier alpha value is -1.36. The highest BCUT2D eigenvalue weighted by molar-refractivity contribution is 7.12. The zero-order chi connectivity index (χ0) is 16.4. The minimum Gasteiger partial charge on any atom is -0.394 e. The number of benzene rings is 1. The molecule has 0 aliphatic heterocycles. The van der Waals surface area contributed by atoms with Gasteiger partial charge in [0.1, 0.15) is 6.61 Å². The van der Waals surface area contributed by atoms with Crippen LogP contribution in [0.15, 0.2) is 40.9 Å². The van der Waals surface area contributed by atoms with Gasteiger partial charge in [-0.25, -0.2) is 0 Å². The third-order valence-electron chi connectivity index (χ3n) is 4.31. The molecule has 1 atom stereocenters. The first kappa shape index (κ1) is 16.5. The second kappa shape index (κ2) is 6.63. The van der Waals surface area contributed by atoms with Crippen LogP contribution in [-0.4, -0.2) is 37.9 Å². The molecular formula is C18H21ClN2OS. The van der Waals surface area contributed by atoms with Gasteiger partial charge in [-0.15, -0.1) is 11.3 Å². The van der Waals surface area contributed by atoms with E-state index in [0.717, 1.165) is 23.7 Å². The molecule has 1 aromatic carbocycles. The summed E-state index contributed by atoms with van der Waals surface area (Å²) in [6, 6.07) is 10.3. The van der Waals surface area contributed by atoms with Crippen LogP contribution in [0.4, 0.5) is 0 Å². The lowest BCUT2D eigenvalue weighted by atomic mass is 9.78. The van der Waals surface area contributed by atoms with Crippen molar-refractivity contribution in [2.24, 2.45) is 5.16 Å². The highest BCUT2D eigenvalue weighted by Crippen LogP contribution is 2.46. The first-order valence-electron chi connectivity index (χ1n) is 7.68. The van der Waals surface area contributed by atoms with Crippen molar-refractivity contribution in [3.05, 3.63) is 56.7 Å². The quantitative estimate of drug-likeness (QED) is 0.591. The van der Waals surface area contributed by atoms with Crippen LogP contribution >= 0.6 is 22.9 Å². The summed E-state index contributed by atoms with van der Waals surface area (Å²) < 4.78 is 0. The molecule has 0 fully saturated rings. The van der Waals surface area contributed by atoms with Gasteiger partial charge in [-0.2, -0.15) is 0 Å². The van der Waals surface area contributed by atoms with Crippen molar-refractivity contribution >= 4 is 28.6 Å². The van der Waals surface area contributed by atoms with Crippen LogP contribution in [0.5, 0.6) is 0 Å². The average molecular weight is 349 g/mol. The number of nitrogens with zero attached hydrogens (tertiary/aromatic N) is 2. The van der Waals surface area contributed by atoms with Gasteiger partial charge in [-0.1, -0.05) is 35.8 Å². The van der Waals surface area contributed by atoms with Crippen molar-refractivity contribution < 1.29 is 4.84 Å². The van der Waals surface area contributed by atoms with E-state index in [0.29, 0.717) is 6.61 Å². The van der Waals surface area contributed by atoms with Gasteiger partial charge >= 0.3 is 0 Å². The third kappa shape index (κ3) is 3.30. The van der Waals surface area contributed by atoms with E-state index in [1.165, 1.54) is 16.0 Å². The Kier molecular flexibility index (Phi) is 4.76. The maximum atomic E-state index is 6.20. The number of hydrogen-bond donors (Lipinski definition) is 0. The van der Waals surface area contributed by atoms with Gasteiger partial charge in [0, 0.05) is 23.4 Å². The fourth-order valence-corrected chi connectivity index (χ4v) is 4.18. The normalized spacial score (nSPS) is 21.9. The Balaban J connectivity index is 1.87. The van der Waals surface area contributed by atoms with Crippen molar-refractivity contribution in [3.8, 4) is 0 Å². The molecule has 0 saturated carbocycles. The van der Waals surface area contributed by atoms with E-state index in [4.69, 9.17) is 16.4 Å². The van der Waals surface area contributed by atoms with Crippen molar-refractivity contribution in [1.82, 2.24) is 4.90 Å². The molecule has 5 heteroatoms. The minimum absolute atomic E-state index is 0.0933. The monoisotopic (exact) mass is 348 g/mol. The molecule has 0 radical (unpaired) electrons. The highest BCUT2D eigenvalue weighted by Gasteiger charge is 2.41. The molecule has 1 aliphatic rings. The van der Waals surface area contributed by atoms with E-state index < -0.39 is 0 Å². The molecule has 1 heterocycles. The summed E-state index contributed by atoms with van der Waals surface area (Å²) in [4.78, 5) is 8.85. The number of likely N-dealkylation sites (N-methyl/N-ethyl adjacent to an activating group) is 1. The number of rotatable bonds is 5. The number of halogens is 1. The van der Waals surface area contributed by atoms with Crippen LogP contribution in [0.1, 0.15) is 29.3 Å². The lowest BCUT2D eigenvalue weighted by molar-refractivity contribution is 0.125. The predicted octanol–water partition coefficient (Wildman–Crippen LogP) is 4.39. The molecule has 0 amide bonds. The molecule has 0 N–H and O–H groups in total. The van der Waals surface area contributed by atoms with Crippen molar-refractivity contribution in [2.75, 3.05) is 27.2 Å². The lowest BCUT2D eigenvalue weighted by Crippen LogP contribution is -2.20. The number of fused-ring (bicyclic) bond motifs is 1. The summed E-state index contributed by atoms with van der Waals surface area (Å²) in [6.07, 6.45) is 0.845. The molecule has 0 bridgehead atoms. The molecular weight excluding hydrogens is 328 g/mol. The number of hydrogen-bond acceptors (Lipinski definition) is 4. The van der Waals surface area contributed by atoms with E-state index in [2.05, 4.69) is 40.6 Å². The van der Waals surface area contributed by atoms with Crippen LogP contribution in [-0.2, 0) is 10.3 Å². The van der Waals surface area contributed by atoms with Crippen LogP contribution in [0.3, 0.4) is 0 Å². The Bertz CT molecular complexity index is 725. The Morgan fingerprint density at radius 1 is 1.35 bits per heavy atom. The maximum absolute atomic E-state index is 6.20. The number of thiophene rings is 1. The second-order valence-electron chi connectivity index (χ2n) is 6.36. The third-order valence-corrected chi connectivity index (χ3v) is 5.51.